The van der Waals surface area contributed by atoms with Gasteiger partial charge in [0.15, 0.2) is 0 Å². The molecule has 1 heterocycles. The van der Waals surface area contributed by atoms with Crippen LogP contribution in [0.25, 0.3) is 10.9 Å². The molecule has 0 fully saturated rings. The van der Waals surface area contributed by atoms with Crippen LogP contribution in [0.4, 0.5) is 11.4 Å². The second-order valence-electron chi connectivity index (χ2n) is 3.71. The molecule has 0 bridgehead atoms. The highest BCUT2D eigenvalue weighted by molar-refractivity contribution is 7.98. The standard InChI is InChI=1S/C12H13N3O2S/c1-18-8-7-13-10-4-5-11(15(16)17)12-9(10)3-2-6-14-12/h2-6,13H,7-8H2,1H3. The smallest absolute Gasteiger partial charge is 0.295 e. The van der Waals surface area contributed by atoms with Crippen molar-refractivity contribution in [2.75, 3.05) is 23.9 Å². The summed E-state index contributed by atoms with van der Waals surface area (Å²) in [6.07, 6.45) is 3.61. The fourth-order valence-corrected chi connectivity index (χ4v) is 2.05. The van der Waals surface area contributed by atoms with Crippen LogP contribution in [0.1, 0.15) is 0 Å². The van der Waals surface area contributed by atoms with Crippen LogP contribution < -0.4 is 5.32 Å². The third kappa shape index (κ3) is 2.53. The van der Waals surface area contributed by atoms with Gasteiger partial charge in [-0.3, -0.25) is 10.1 Å². The fourth-order valence-electron chi connectivity index (χ4n) is 1.75. The summed E-state index contributed by atoms with van der Waals surface area (Å²) in [5.74, 6) is 0.985. The lowest BCUT2D eigenvalue weighted by Gasteiger charge is -2.08. The van der Waals surface area contributed by atoms with Crippen LogP contribution in [0.15, 0.2) is 30.5 Å². The summed E-state index contributed by atoms with van der Waals surface area (Å²) in [6.45, 7) is 0.822. The van der Waals surface area contributed by atoms with Crippen molar-refractivity contribution < 1.29 is 4.92 Å². The van der Waals surface area contributed by atoms with E-state index in [2.05, 4.69) is 10.3 Å². The van der Waals surface area contributed by atoms with Gasteiger partial charge >= 0.3 is 0 Å². The number of anilines is 1. The van der Waals surface area contributed by atoms with E-state index in [4.69, 9.17) is 0 Å². The number of nitrogens with one attached hydrogen (secondary N) is 1. The maximum absolute atomic E-state index is 10.9. The zero-order valence-corrected chi connectivity index (χ0v) is 10.7. The minimum absolute atomic E-state index is 0.0426. The van der Waals surface area contributed by atoms with Gasteiger partial charge in [-0.25, -0.2) is 4.98 Å². The second kappa shape index (κ2) is 5.68. The Morgan fingerprint density at radius 2 is 2.28 bits per heavy atom. The van der Waals surface area contributed by atoms with Crippen LogP contribution >= 0.6 is 11.8 Å². The first kappa shape index (κ1) is 12.6. The molecule has 0 aliphatic carbocycles. The Bertz CT molecular complexity index is 574. The average molecular weight is 263 g/mol. The highest BCUT2D eigenvalue weighted by Crippen LogP contribution is 2.29. The summed E-state index contributed by atoms with van der Waals surface area (Å²) in [7, 11) is 0. The third-order valence-electron chi connectivity index (χ3n) is 2.57. The average Bonchev–Trinajstić information content (AvgIpc) is 2.38. The van der Waals surface area contributed by atoms with Gasteiger partial charge in [0, 0.05) is 35.6 Å². The van der Waals surface area contributed by atoms with Crippen LogP contribution in [0.3, 0.4) is 0 Å². The highest BCUT2D eigenvalue weighted by Gasteiger charge is 2.14. The molecule has 1 aromatic heterocycles. The van der Waals surface area contributed by atoms with Crippen molar-refractivity contribution >= 4 is 34.0 Å². The van der Waals surface area contributed by atoms with E-state index in [0.717, 1.165) is 23.4 Å². The quantitative estimate of drug-likeness (QED) is 0.510. The predicted molar refractivity (Wildman–Crippen MR) is 75.3 cm³/mol. The predicted octanol–water partition coefficient (Wildman–Crippen LogP) is 2.92. The number of fused-ring (bicyclic) bond motifs is 1. The lowest BCUT2D eigenvalue weighted by Crippen LogP contribution is -2.04. The van der Waals surface area contributed by atoms with Gasteiger partial charge in [-0.2, -0.15) is 11.8 Å². The van der Waals surface area contributed by atoms with Crippen LogP contribution in [0, 0.1) is 10.1 Å². The van der Waals surface area contributed by atoms with Gasteiger partial charge in [0.25, 0.3) is 5.69 Å². The van der Waals surface area contributed by atoms with Crippen LogP contribution in [0.2, 0.25) is 0 Å². The summed E-state index contributed by atoms with van der Waals surface area (Å²) < 4.78 is 0. The lowest BCUT2D eigenvalue weighted by atomic mass is 10.1. The van der Waals surface area contributed by atoms with Crippen LogP contribution in [-0.2, 0) is 0 Å². The molecule has 0 amide bonds. The normalized spacial score (nSPS) is 10.5. The van der Waals surface area contributed by atoms with E-state index in [1.54, 1.807) is 30.1 Å². The maximum Gasteiger partial charge on any atom is 0.295 e. The zero-order valence-electron chi connectivity index (χ0n) is 9.92. The SMILES string of the molecule is CSCCNc1ccc([N+](=O)[O-])c2ncccc12. The molecule has 0 saturated heterocycles. The van der Waals surface area contributed by atoms with Gasteiger partial charge < -0.3 is 5.32 Å². The Morgan fingerprint density at radius 1 is 1.44 bits per heavy atom. The highest BCUT2D eigenvalue weighted by atomic mass is 32.2. The summed E-state index contributed by atoms with van der Waals surface area (Å²) in [5, 5.41) is 15.0. The first-order chi connectivity index (χ1) is 8.74. The van der Waals surface area contributed by atoms with E-state index in [-0.39, 0.29) is 5.69 Å². The number of nitro benzene ring substituents is 1. The number of nitro groups is 1. The Labute approximate surface area is 109 Å². The molecule has 0 saturated carbocycles. The summed E-state index contributed by atoms with van der Waals surface area (Å²) >= 11 is 1.75. The molecule has 0 aliphatic rings. The number of thioether (sulfide) groups is 1. The number of nitrogens with zero attached hydrogens (tertiary/aromatic N) is 2. The number of benzene rings is 1. The molecule has 1 N–H and O–H groups in total. The van der Waals surface area contributed by atoms with Crippen molar-refractivity contribution in [1.29, 1.82) is 0 Å². The Kier molecular flexibility index (Phi) is 3.99. The molecular weight excluding hydrogens is 250 g/mol. The van der Waals surface area contributed by atoms with Crippen molar-refractivity contribution in [1.82, 2.24) is 4.98 Å². The van der Waals surface area contributed by atoms with E-state index in [1.807, 2.05) is 12.3 Å². The van der Waals surface area contributed by atoms with Gasteiger partial charge in [0.1, 0.15) is 5.52 Å². The molecular formula is C12H13N3O2S. The Morgan fingerprint density at radius 3 is 3.00 bits per heavy atom. The summed E-state index contributed by atoms with van der Waals surface area (Å²) in [5.41, 5.74) is 1.36. The second-order valence-corrected chi connectivity index (χ2v) is 4.69. The van der Waals surface area contributed by atoms with Crippen LogP contribution in [-0.4, -0.2) is 28.5 Å². The van der Waals surface area contributed by atoms with Crippen molar-refractivity contribution in [2.24, 2.45) is 0 Å². The summed E-state index contributed by atoms with van der Waals surface area (Å²) in [4.78, 5) is 14.6. The number of non-ortho nitro benzene ring substituents is 1. The molecule has 5 nitrogen and oxygen atoms in total. The molecule has 6 heteroatoms. The Balaban J connectivity index is 2.44. The number of rotatable bonds is 5. The molecule has 2 aromatic rings. The molecule has 94 valence electrons. The first-order valence-corrected chi connectivity index (χ1v) is 6.88. The molecule has 0 spiro atoms. The maximum atomic E-state index is 10.9. The molecule has 0 radical (unpaired) electrons. The molecule has 2 rings (SSSR count). The molecule has 18 heavy (non-hydrogen) atoms. The Hall–Kier alpha value is -1.82. The zero-order chi connectivity index (χ0) is 13.0. The first-order valence-electron chi connectivity index (χ1n) is 5.49. The van der Waals surface area contributed by atoms with E-state index in [9.17, 15) is 10.1 Å². The molecule has 0 aliphatic heterocycles. The van der Waals surface area contributed by atoms with Gasteiger partial charge in [-0.1, -0.05) is 0 Å². The van der Waals surface area contributed by atoms with Gasteiger partial charge in [-0.15, -0.1) is 0 Å². The molecule has 0 atom stereocenters. The molecule has 1 aromatic carbocycles. The van der Waals surface area contributed by atoms with Crippen molar-refractivity contribution in [3.63, 3.8) is 0 Å². The van der Waals surface area contributed by atoms with Crippen molar-refractivity contribution in [3.05, 3.63) is 40.6 Å². The minimum atomic E-state index is -0.402. The van der Waals surface area contributed by atoms with Crippen molar-refractivity contribution in [2.45, 2.75) is 0 Å². The topological polar surface area (TPSA) is 68.1 Å². The van der Waals surface area contributed by atoms with Crippen molar-refractivity contribution in [3.8, 4) is 0 Å². The van der Waals surface area contributed by atoms with E-state index < -0.39 is 4.92 Å². The third-order valence-corrected chi connectivity index (χ3v) is 3.18. The van der Waals surface area contributed by atoms with E-state index in [1.165, 1.54) is 6.07 Å². The van der Waals surface area contributed by atoms with Gasteiger partial charge in [-0.05, 0) is 24.5 Å². The fraction of sp³-hybridized carbons (Fsp3) is 0.250. The lowest BCUT2D eigenvalue weighted by molar-refractivity contribution is -0.383. The largest absolute Gasteiger partial charge is 0.384 e. The minimum Gasteiger partial charge on any atom is -0.384 e. The van der Waals surface area contributed by atoms with E-state index in [0.29, 0.717) is 5.52 Å². The van der Waals surface area contributed by atoms with E-state index >= 15 is 0 Å². The number of hydrogen-bond donors (Lipinski definition) is 1. The number of aromatic nitrogens is 1. The van der Waals surface area contributed by atoms with Gasteiger partial charge in [0.05, 0.1) is 4.92 Å². The number of hydrogen-bond acceptors (Lipinski definition) is 5. The molecule has 0 unspecified atom stereocenters. The van der Waals surface area contributed by atoms with Gasteiger partial charge in [0.2, 0.25) is 0 Å². The number of pyridine rings is 1. The van der Waals surface area contributed by atoms with Crippen LogP contribution in [0.5, 0.6) is 0 Å². The monoisotopic (exact) mass is 263 g/mol. The summed E-state index contributed by atoms with van der Waals surface area (Å²) in [6, 6.07) is 6.86.